The molecule has 0 spiro atoms. The summed E-state index contributed by atoms with van der Waals surface area (Å²) in [5, 5.41) is 0.591. The highest BCUT2D eigenvalue weighted by Gasteiger charge is 2.28. The van der Waals surface area contributed by atoms with Gasteiger partial charge in [0.2, 0.25) is 11.8 Å². The smallest absolute Gasteiger partial charge is 0.246 e. The van der Waals surface area contributed by atoms with Gasteiger partial charge in [-0.25, -0.2) is 4.98 Å². The summed E-state index contributed by atoms with van der Waals surface area (Å²) in [6.45, 7) is 3.06. The topological polar surface area (TPSA) is 58.4 Å². The Bertz CT molecular complexity index is 732. The fourth-order valence-electron chi connectivity index (χ4n) is 2.82. The molecule has 0 aliphatic carbocycles. The lowest BCUT2D eigenvalue weighted by atomic mass is 10.2. The highest BCUT2D eigenvalue weighted by molar-refractivity contribution is 6.30. The molecule has 0 saturated carbocycles. The van der Waals surface area contributed by atoms with E-state index < -0.39 is 0 Å². The minimum Gasteiger partial charge on any atom is -0.334 e. The number of benzene rings is 1. The number of aromatic nitrogens is 2. The first-order valence-corrected chi connectivity index (χ1v) is 8.23. The molecule has 3 rings (SSSR count). The first-order valence-electron chi connectivity index (χ1n) is 7.86. The van der Waals surface area contributed by atoms with Gasteiger partial charge in [0, 0.05) is 48.7 Å². The largest absolute Gasteiger partial charge is 0.334 e. The molecule has 1 aliphatic rings. The standard InChI is InChI=1S/C17H19ClN4O2/c1-13(21-6-5-19-12-21)9-16(23)20-7-8-22(17(24)11-20)15-4-2-3-14(18)10-15/h2-6,10,12-13H,7-9,11H2,1H3/t13-/m1/s1. The van der Waals surface area contributed by atoms with Gasteiger partial charge in [-0.05, 0) is 25.1 Å². The van der Waals surface area contributed by atoms with E-state index in [1.165, 1.54) is 0 Å². The molecule has 1 fully saturated rings. The van der Waals surface area contributed by atoms with Gasteiger partial charge in [-0.15, -0.1) is 0 Å². The predicted octanol–water partition coefficient (Wildman–Crippen LogP) is 2.36. The quantitative estimate of drug-likeness (QED) is 0.854. The van der Waals surface area contributed by atoms with Gasteiger partial charge < -0.3 is 14.4 Å². The van der Waals surface area contributed by atoms with Crippen molar-refractivity contribution in [2.24, 2.45) is 0 Å². The maximum Gasteiger partial charge on any atom is 0.246 e. The van der Waals surface area contributed by atoms with Crippen LogP contribution < -0.4 is 4.90 Å². The Balaban J connectivity index is 1.61. The number of piperazine rings is 1. The number of hydrogen-bond donors (Lipinski definition) is 0. The van der Waals surface area contributed by atoms with E-state index in [4.69, 9.17) is 11.6 Å². The highest BCUT2D eigenvalue weighted by atomic mass is 35.5. The molecule has 126 valence electrons. The van der Waals surface area contributed by atoms with Gasteiger partial charge in [0.05, 0.1) is 6.33 Å². The van der Waals surface area contributed by atoms with Crippen LogP contribution >= 0.6 is 11.6 Å². The number of amides is 2. The van der Waals surface area contributed by atoms with Crippen molar-refractivity contribution < 1.29 is 9.59 Å². The third-order valence-electron chi connectivity index (χ3n) is 4.20. The van der Waals surface area contributed by atoms with Gasteiger partial charge in [0.15, 0.2) is 0 Å². The summed E-state index contributed by atoms with van der Waals surface area (Å²) in [4.78, 5) is 32.1. The van der Waals surface area contributed by atoms with Crippen molar-refractivity contribution in [2.75, 3.05) is 24.5 Å². The summed E-state index contributed by atoms with van der Waals surface area (Å²) in [7, 11) is 0. The number of anilines is 1. The van der Waals surface area contributed by atoms with E-state index >= 15 is 0 Å². The second kappa shape index (κ2) is 7.05. The first kappa shape index (κ1) is 16.5. The van der Waals surface area contributed by atoms with Crippen molar-refractivity contribution in [3.05, 3.63) is 48.0 Å². The zero-order valence-electron chi connectivity index (χ0n) is 13.4. The molecule has 1 aliphatic heterocycles. The number of hydrogen-bond acceptors (Lipinski definition) is 3. The summed E-state index contributed by atoms with van der Waals surface area (Å²) in [6, 6.07) is 7.21. The molecule has 24 heavy (non-hydrogen) atoms. The third kappa shape index (κ3) is 3.59. The Labute approximate surface area is 145 Å². The SMILES string of the molecule is C[C@H](CC(=O)N1CCN(c2cccc(Cl)c2)C(=O)C1)n1ccnc1. The zero-order chi connectivity index (χ0) is 17.1. The van der Waals surface area contributed by atoms with Crippen molar-refractivity contribution in [1.82, 2.24) is 14.5 Å². The van der Waals surface area contributed by atoms with Crippen LogP contribution in [0.25, 0.3) is 0 Å². The number of rotatable bonds is 4. The number of nitrogens with zero attached hydrogens (tertiary/aromatic N) is 4. The van der Waals surface area contributed by atoms with Crippen molar-refractivity contribution in [1.29, 1.82) is 0 Å². The molecule has 0 unspecified atom stereocenters. The number of halogens is 1. The van der Waals surface area contributed by atoms with Crippen LogP contribution in [0.4, 0.5) is 5.69 Å². The summed E-state index contributed by atoms with van der Waals surface area (Å²) in [5.41, 5.74) is 0.770. The zero-order valence-corrected chi connectivity index (χ0v) is 14.2. The van der Waals surface area contributed by atoms with Gasteiger partial charge in [-0.2, -0.15) is 0 Å². The van der Waals surface area contributed by atoms with Gasteiger partial charge in [0.25, 0.3) is 0 Å². The van der Waals surface area contributed by atoms with Gasteiger partial charge >= 0.3 is 0 Å². The third-order valence-corrected chi connectivity index (χ3v) is 4.43. The van der Waals surface area contributed by atoms with Crippen LogP contribution in [0.15, 0.2) is 43.0 Å². The van der Waals surface area contributed by atoms with E-state index in [1.807, 2.05) is 29.8 Å². The average Bonchev–Trinajstić information content (AvgIpc) is 3.09. The van der Waals surface area contributed by atoms with E-state index in [2.05, 4.69) is 4.98 Å². The Morgan fingerprint density at radius 1 is 1.38 bits per heavy atom. The lowest BCUT2D eigenvalue weighted by molar-refractivity contribution is -0.137. The van der Waals surface area contributed by atoms with Crippen LogP contribution in [0.1, 0.15) is 19.4 Å². The number of carbonyl (C=O) groups is 2. The minimum absolute atomic E-state index is 0.0149. The van der Waals surface area contributed by atoms with E-state index in [9.17, 15) is 9.59 Å². The van der Waals surface area contributed by atoms with Crippen molar-refractivity contribution in [3.8, 4) is 0 Å². The molecule has 7 heteroatoms. The fourth-order valence-corrected chi connectivity index (χ4v) is 3.00. The Kier molecular flexibility index (Phi) is 4.85. The van der Waals surface area contributed by atoms with Crippen LogP contribution in [0.5, 0.6) is 0 Å². The predicted molar refractivity (Wildman–Crippen MR) is 91.9 cm³/mol. The lowest BCUT2D eigenvalue weighted by Crippen LogP contribution is -2.52. The summed E-state index contributed by atoms with van der Waals surface area (Å²) in [6.07, 6.45) is 5.56. The van der Waals surface area contributed by atoms with Crippen molar-refractivity contribution in [2.45, 2.75) is 19.4 Å². The molecule has 2 amide bonds. The molecule has 0 radical (unpaired) electrons. The maximum absolute atomic E-state index is 12.4. The molecule has 1 aromatic heterocycles. The van der Waals surface area contributed by atoms with Crippen LogP contribution in [0, 0.1) is 0 Å². The van der Waals surface area contributed by atoms with Crippen LogP contribution in [0.2, 0.25) is 5.02 Å². The molecule has 6 nitrogen and oxygen atoms in total. The van der Waals surface area contributed by atoms with Crippen LogP contribution in [-0.4, -0.2) is 45.9 Å². The lowest BCUT2D eigenvalue weighted by Gasteiger charge is -2.35. The number of carbonyl (C=O) groups excluding carboxylic acids is 2. The fraction of sp³-hybridized carbons (Fsp3) is 0.353. The highest BCUT2D eigenvalue weighted by Crippen LogP contribution is 2.22. The summed E-state index contributed by atoms with van der Waals surface area (Å²) < 4.78 is 1.89. The molecule has 0 bridgehead atoms. The average molecular weight is 347 g/mol. The van der Waals surface area contributed by atoms with Crippen LogP contribution in [-0.2, 0) is 9.59 Å². The monoisotopic (exact) mass is 346 g/mol. The van der Waals surface area contributed by atoms with Crippen molar-refractivity contribution in [3.63, 3.8) is 0 Å². The van der Waals surface area contributed by atoms with E-state index in [0.717, 1.165) is 5.69 Å². The van der Waals surface area contributed by atoms with Gasteiger partial charge in [-0.3, -0.25) is 9.59 Å². The second-order valence-corrected chi connectivity index (χ2v) is 6.34. The summed E-state index contributed by atoms with van der Waals surface area (Å²) >= 11 is 5.99. The summed E-state index contributed by atoms with van der Waals surface area (Å²) in [5.74, 6) is -0.109. The second-order valence-electron chi connectivity index (χ2n) is 5.90. The van der Waals surface area contributed by atoms with Gasteiger partial charge in [0.1, 0.15) is 6.54 Å². The van der Waals surface area contributed by atoms with E-state index in [0.29, 0.717) is 24.5 Å². The first-order chi connectivity index (χ1) is 11.5. The minimum atomic E-state index is -0.0906. The molecular formula is C17H19ClN4O2. The Hall–Kier alpha value is -2.34. The number of imidazole rings is 1. The molecule has 1 atom stereocenters. The molecular weight excluding hydrogens is 328 g/mol. The van der Waals surface area contributed by atoms with E-state index in [-0.39, 0.29) is 24.4 Å². The Morgan fingerprint density at radius 2 is 2.21 bits per heavy atom. The Morgan fingerprint density at radius 3 is 2.88 bits per heavy atom. The maximum atomic E-state index is 12.4. The van der Waals surface area contributed by atoms with Crippen molar-refractivity contribution >= 4 is 29.1 Å². The molecule has 2 heterocycles. The van der Waals surface area contributed by atoms with Gasteiger partial charge in [-0.1, -0.05) is 17.7 Å². The molecule has 0 N–H and O–H groups in total. The molecule has 2 aromatic rings. The molecule has 1 saturated heterocycles. The van der Waals surface area contributed by atoms with E-state index in [1.54, 1.807) is 34.5 Å². The normalized spacial score (nSPS) is 16.3. The van der Waals surface area contributed by atoms with Crippen LogP contribution in [0.3, 0.4) is 0 Å². The molecule has 1 aromatic carbocycles.